The van der Waals surface area contributed by atoms with E-state index in [0.29, 0.717) is 10.6 Å². The molecular weight excluding hydrogens is 444 g/mol. The number of rotatable bonds is 3. The molecule has 1 N–H and O–H groups in total. The topological polar surface area (TPSA) is 75.2 Å². The number of nitrogens with zero attached hydrogens (tertiary/aromatic N) is 3. The van der Waals surface area contributed by atoms with Gasteiger partial charge in [-0.05, 0) is 29.8 Å². The molecule has 1 fully saturated rings. The van der Waals surface area contributed by atoms with Gasteiger partial charge in [0.2, 0.25) is 0 Å². The molecule has 154 valence electrons. The monoisotopic (exact) mass is 454 g/mol. The molecule has 1 aliphatic rings. The van der Waals surface area contributed by atoms with Gasteiger partial charge in [-0.3, -0.25) is 15.0 Å². The minimum Gasteiger partial charge on any atom is -0.271 e. The van der Waals surface area contributed by atoms with Gasteiger partial charge in [-0.2, -0.15) is 13.2 Å². The minimum atomic E-state index is -4.91. The normalized spacial score (nSPS) is 19.0. The van der Waals surface area contributed by atoms with Crippen LogP contribution >= 0.6 is 23.2 Å². The van der Waals surface area contributed by atoms with Gasteiger partial charge in [0, 0.05) is 16.6 Å². The van der Waals surface area contributed by atoms with Gasteiger partial charge in [-0.1, -0.05) is 29.8 Å². The van der Waals surface area contributed by atoms with Crippen LogP contribution in [-0.4, -0.2) is 32.2 Å². The number of alkyl halides is 4. The summed E-state index contributed by atoms with van der Waals surface area (Å²) in [5.41, 5.74) is 0.355. The molecule has 0 spiro atoms. The lowest BCUT2D eigenvalue weighted by Crippen LogP contribution is -2.63. The number of β-lactam (4-membered cyclic amide) rings is 1. The summed E-state index contributed by atoms with van der Waals surface area (Å²) in [6, 6.07) is 9.69. The smallest absolute Gasteiger partial charge is 0.271 e. The van der Waals surface area contributed by atoms with Gasteiger partial charge in [0.15, 0.2) is 11.3 Å². The van der Waals surface area contributed by atoms with Gasteiger partial charge >= 0.3 is 6.18 Å². The number of hydrogen-bond acceptors (Lipinski definition) is 4. The van der Waals surface area contributed by atoms with Crippen LogP contribution in [0.25, 0.3) is 11.0 Å². The van der Waals surface area contributed by atoms with Crippen molar-refractivity contribution in [2.75, 3.05) is 0 Å². The number of benzene rings is 1. The molecule has 0 bridgehead atoms. The van der Waals surface area contributed by atoms with Crippen molar-refractivity contribution in [1.29, 1.82) is 0 Å². The molecule has 4 rings (SSSR count). The summed E-state index contributed by atoms with van der Waals surface area (Å²) in [5.74, 6) is -1.83. The van der Waals surface area contributed by atoms with Crippen molar-refractivity contribution in [3.63, 3.8) is 0 Å². The largest absolute Gasteiger partial charge is 0.434 e. The van der Waals surface area contributed by atoms with Crippen LogP contribution in [0.15, 0.2) is 48.7 Å². The Morgan fingerprint density at radius 3 is 2.60 bits per heavy atom. The first-order chi connectivity index (χ1) is 14.2. The zero-order valence-electron chi connectivity index (χ0n) is 14.8. The summed E-state index contributed by atoms with van der Waals surface area (Å²) in [6.45, 7) is 0. The molecular formula is C19H11Cl2F3N4O2. The van der Waals surface area contributed by atoms with Crippen molar-refractivity contribution < 1.29 is 22.8 Å². The third-order valence-corrected chi connectivity index (χ3v) is 5.35. The van der Waals surface area contributed by atoms with Crippen molar-refractivity contribution in [2.45, 2.75) is 17.6 Å². The number of hydrazine groups is 1. The van der Waals surface area contributed by atoms with Crippen LogP contribution in [0.5, 0.6) is 0 Å². The number of halogens is 5. The molecule has 2 aromatic heterocycles. The zero-order chi connectivity index (χ0) is 21.6. The fourth-order valence-electron chi connectivity index (χ4n) is 3.15. The van der Waals surface area contributed by atoms with Crippen LogP contribution in [0.2, 0.25) is 5.02 Å². The summed E-state index contributed by atoms with van der Waals surface area (Å²) in [4.78, 5) is 32.2. The van der Waals surface area contributed by atoms with E-state index in [-0.39, 0.29) is 11.0 Å². The maximum absolute atomic E-state index is 13.5. The lowest BCUT2D eigenvalue weighted by atomic mass is 9.95. The lowest BCUT2D eigenvalue weighted by Gasteiger charge is -2.44. The van der Waals surface area contributed by atoms with Gasteiger partial charge in [-0.25, -0.2) is 15.0 Å². The first-order valence-electron chi connectivity index (χ1n) is 8.54. The fourth-order valence-corrected chi connectivity index (χ4v) is 3.76. The first-order valence-corrected chi connectivity index (χ1v) is 9.35. The van der Waals surface area contributed by atoms with Gasteiger partial charge in [0.1, 0.15) is 11.4 Å². The SMILES string of the molecule is O=C(NN1C(=O)C(Cl)C1c1ccccc1Cl)c1cc2cccnc2nc1C(F)(F)F. The third kappa shape index (κ3) is 3.44. The second-order valence-electron chi connectivity index (χ2n) is 6.45. The number of pyridine rings is 2. The summed E-state index contributed by atoms with van der Waals surface area (Å²) in [5, 5.41) is 0.387. The number of carbonyl (C=O) groups is 2. The number of amides is 2. The van der Waals surface area contributed by atoms with Gasteiger partial charge in [0.25, 0.3) is 11.8 Å². The molecule has 0 radical (unpaired) electrons. The summed E-state index contributed by atoms with van der Waals surface area (Å²) >= 11 is 12.2. The van der Waals surface area contributed by atoms with Crippen LogP contribution in [0, 0.1) is 0 Å². The lowest BCUT2D eigenvalue weighted by molar-refractivity contribution is -0.149. The van der Waals surface area contributed by atoms with Crippen LogP contribution in [0.1, 0.15) is 27.7 Å². The van der Waals surface area contributed by atoms with E-state index >= 15 is 0 Å². The van der Waals surface area contributed by atoms with Crippen LogP contribution in [0.3, 0.4) is 0 Å². The molecule has 1 aliphatic heterocycles. The number of carbonyl (C=O) groups excluding carboxylic acids is 2. The highest BCUT2D eigenvalue weighted by Gasteiger charge is 2.49. The number of nitrogens with one attached hydrogen (secondary N) is 1. The Morgan fingerprint density at radius 1 is 1.17 bits per heavy atom. The average molecular weight is 455 g/mol. The van der Waals surface area contributed by atoms with Gasteiger partial charge in [0.05, 0.1) is 5.56 Å². The molecule has 1 saturated heterocycles. The Morgan fingerprint density at radius 2 is 1.90 bits per heavy atom. The quantitative estimate of drug-likeness (QED) is 0.476. The average Bonchev–Trinajstić information content (AvgIpc) is 2.72. The molecule has 3 aromatic rings. The number of fused-ring (bicyclic) bond motifs is 1. The van der Waals surface area contributed by atoms with Gasteiger partial charge in [-0.15, -0.1) is 11.6 Å². The Bertz CT molecular complexity index is 1170. The van der Waals surface area contributed by atoms with Crippen LogP contribution in [-0.2, 0) is 11.0 Å². The Balaban J connectivity index is 1.70. The Hall–Kier alpha value is -2.91. The van der Waals surface area contributed by atoms with E-state index in [1.165, 1.54) is 18.3 Å². The van der Waals surface area contributed by atoms with E-state index in [1.807, 2.05) is 0 Å². The van der Waals surface area contributed by atoms with Crippen LogP contribution < -0.4 is 5.43 Å². The molecule has 30 heavy (non-hydrogen) atoms. The van der Waals surface area contributed by atoms with Crippen molar-refractivity contribution >= 4 is 46.0 Å². The molecule has 3 heterocycles. The summed E-state index contributed by atoms with van der Waals surface area (Å²) in [6.07, 6.45) is -3.61. The first kappa shape index (κ1) is 20.4. The molecule has 6 nitrogen and oxygen atoms in total. The standard InChI is InChI=1S/C19H11Cl2F3N4O2/c20-12-6-2-1-5-10(12)14-13(21)18(30)28(14)27-17(29)11-8-9-4-3-7-25-16(9)26-15(11)19(22,23)24/h1-8,13-14H,(H,27,29). The van der Waals surface area contributed by atoms with Crippen molar-refractivity contribution in [1.82, 2.24) is 20.4 Å². The predicted octanol–water partition coefficient (Wildman–Crippen LogP) is 4.14. The predicted molar refractivity (Wildman–Crippen MR) is 103 cm³/mol. The zero-order valence-corrected chi connectivity index (χ0v) is 16.3. The van der Waals surface area contributed by atoms with E-state index in [0.717, 1.165) is 11.1 Å². The second-order valence-corrected chi connectivity index (χ2v) is 7.33. The van der Waals surface area contributed by atoms with Crippen molar-refractivity contribution in [3.8, 4) is 0 Å². The summed E-state index contributed by atoms with van der Waals surface area (Å²) < 4.78 is 40.5. The Kier molecular flexibility index (Phi) is 5.03. The van der Waals surface area contributed by atoms with E-state index in [1.54, 1.807) is 24.3 Å². The van der Waals surface area contributed by atoms with Crippen molar-refractivity contribution in [3.05, 3.63) is 70.5 Å². The molecule has 2 amide bonds. The number of hydrogen-bond donors (Lipinski definition) is 1. The molecule has 2 unspecified atom stereocenters. The minimum absolute atomic E-state index is 0.156. The summed E-state index contributed by atoms with van der Waals surface area (Å²) in [7, 11) is 0. The molecule has 0 aliphatic carbocycles. The second kappa shape index (κ2) is 7.41. The van der Waals surface area contributed by atoms with Gasteiger partial charge < -0.3 is 0 Å². The van der Waals surface area contributed by atoms with E-state index < -0.39 is 40.7 Å². The maximum atomic E-state index is 13.5. The highest BCUT2D eigenvalue weighted by Crippen LogP contribution is 2.40. The van der Waals surface area contributed by atoms with E-state index in [2.05, 4.69) is 15.4 Å². The van der Waals surface area contributed by atoms with E-state index in [9.17, 15) is 22.8 Å². The highest BCUT2D eigenvalue weighted by atomic mass is 35.5. The van der Waals surface area contributed by atoms with Crippen LogP contribution in [0.4, 0.5) is 13.2 Å². The molecule has 1 aromatic carbocycles. The highest BCUT2D eigenvalue weighted by molar-refractivity contribution is 6.35. The fraction of sp³-hybridized carbons (Fsp3) is 0.158. The maximum Gasteiger partial charge on any atom is 0.434 e. The molecule has 2 atom stereocenters. The molecule has 0 saturated carbocycles. The number of aromatic nitrogens is 2. The Labute approximate surface area is 177 Å². The third-order valence-electron chi connectivity index (χ3n) is 4.58. The van der Waals surface area contributed by atoms with Crippen molar-refractivity contribution in [2.24, 2.45) is 0 Å². The van der Waals surface area contributed by atoms with E-state index in [4.69, 9.17) is 23.2 Å². The molecule has 11 heteroatoms.